The Bertz CT molecular complexity index is 576. The molecule has 5 heteroatoms. The SMILES string of the molecule is CC1CC(C)(C)CC(CO)(NCCC(=O)Nc2ccccc2F)C1. The molecule has 3 N–H and O–H groups in total. The molecule has 0 radical (unpaired) electrons. The zero-order chi connectivity index (χ0) is 17.8. The van der Waals surface area contributed by atoms with Gasteiger partial charge in [0.1, 0.15) is 5.82 Å². The first-order chi connectivity index (χ1) is 11.3. The molecular weight excluding hydrogens is 307 g/mol. The number of para-hydroxylation sites is 1. The van der Waals surface area contributed by atoms with Gasteiger partial charge in [0.05, 0.1) is 12.3 Å². The van der Waals surface area contributed by atoms with E-state index in [1.54, 1.807) is 18.2 Å². The lowest BCUT2D eigenvalue weighted by atomic mass is 9.64. The fourth-order valence-electron chi connectivity index (χ4n) is 4.27. The van der Waals surface area contributed by atoms with Gasteiger partial charge in [0.2, 0.25) is 5.91 Å². The maximum Gasteiger partial charge on any atom is 0.225 e. The Labute approximate surface area is 143 Å². The molecule has 1 amide bonds. The minimum atomic E-state index is -0.437. The minimum absolute atomic E-state index is 0.0652. The summed E-state index contributed by atoms with van der Waals surface area (Å²) in [7, 11) is 0. The van der Waals surface area contributed by atoms with Gasteiger partial charge in [0.25, 0.3) is 0 Å². The second kappa shape index (κ2) is 7.62. The van der Waals surface area contributed by atoms with E-state index in [4.69, 9.17) is 0 Å². The average Bonchev–Trinajstić information content (AvgIpc) is 2.47. The van der Waals surface area contributed by atoms with Crippen molar-refractivity contribution in [3.05, 3.63) is 30.1 Å². The smallest absolute Gasteiger partial charge is 0.225 e. The topological polar surface area (TPSA) is 61.4 Å². The molecule has 134 valence electrons. The molecule has 0 saturated heterocycles. The van der Waals surface area contributed by atoms with Crippen LogP contribution in [0.25, 0.3) is 0 Å². The minimum Gasteiger partial charge on any atom is -0.394 e. The highest BCUT2D eigenvalue weighted by Gasteiger charge is 2.42. The van der Waals surface area contributed by atoms with E-state index in [2.05, 4.69) is 31.4 Å². The summed E-state index contributed by atoms with van der Waals surface area (Å²) in [6.07, 6.45) is 3.17. The van der Waals surface area contributed by atoms with Crippen molar-refractivity contribution in [2.24, 2.45) is 11.3 Å². The highest BCUT2D eigenvalue weighted by molar-refractivity contribution is 5.90. The standard InChI is InChI=1S/C19H29FN2O2/c1-14-10-18(2,3)12-19(11-14,13-23)21-9-8-17(24)22-16-7-5-4-6-15(16)20/h4-7,14,21,23H,8-13H2,1-3H3,(H,22,24). The third kappa shape index (κ3) is 5.02. The Morgan fingerprint density at radius 1 is 1.33 bits per heavy atom. The Morgan fingerprint density at radius 2 is 2.04 bits per heavy atom. The van der Waals surface area contributed by atoms with Gasteiger partial charge in [-0.25, -0.2) is 4.39 Å². The van der Waals surface area contributed by atoms with Crippen molar-refractivity contribution < 1.29 is 14.3 Å². The van der Waals surface area contributed by atoms with Gasteiger partial charge in [0.15, 0.2) is 0 Å². The predicted molar refractivity (Wildman–Crippen MR) is 94.3 cm³/mol. The third-order valence-electron chi connectivity index (χ3n) is 4.76. The van der Waals surface area contributed by atoms with Crippen molar-refractivity contribution in [1.82, 2.24) is 5.32 Å². The molecule has 2 atom stereocenters. The van der Waals surface area contributed by atoms with E-state index < -0.39 is 5.82 Å². The third-order valence-corrected chi connectivity index (χ3v) is 4.76. The lowest BCUT2D eigenvalue weighted by Gasteiger charge is -2.47. The normalized spacial score (nSPS) is 26.1. The number of anilines is 1. The number of carbonyl (C=O) groups excluding carboxylic acids is 1. The van der Waals surface area contributed by atoms with Crippen LogP contribution in [0.3, 0.4) is 0 Å². The molecule has 0 aromatic heterocycles. The van der Waals surface area contributed by atoms with Crippen LogP contribution in [0, 0.1) is 17.2 Å². The monoisotopic (exact) mass is 336 g/mol. The van der Waals surface area contributed by atoms with Crippen LogP contribution in [0.2, 0.25) is 0 Å². The van der Waals surface area contributed by atoms with Gasteiger partial charge in [0, 0.05) is 18.5 Å². The molecule has 1 aliphatic rings. The van der Waals surface area contributed by atoms with Gasteiger partial charge in [-0.05, 0) is 42.7 Å². The van der Waals surface area contributed by atoms with E-state index in [1.165, 1.54) is 6.07 Å². The molecule has 1 aromatic carbocycles. The second-order valence-electron chi connectivity index (χ2n) is 8.00. The second-order valence-corrected chi connectivity index (χ2v) is 8.00. The summed E-state index contributed by atoms with van der Waals surface area (Å²) in [6, 6.07) is 6.13. The number of amides is 1. The van der Waals surface area contributed by atoms with Crippen LogP contribution in [0.5, 0.6) is 0 Å². The van der Waals surface area contributed by atoms with Gasteiger partial charge in [-0.2, -0.15) is 0 Å². The number of hydrogen-bond acceptors (Lipinski definition) is 3. The summed E-state index contributed by atoms with van der Waals surface area (Å²) in [5, 5.41) is 15.9. The summed E-state index contributed by atoms with van der Waals surface area (Å²) >= 11 is 0. The molecule has 0 aliphatic heterocycles. The van der Waals surface area contributed by atoms with E-state index >= 15 is 0 Å². The van der Waals surface area contributed by atoms with Gasteiger partial charge in [-0.15, -0.1) is 0 Å². The zero-order valence-corrected chi connectivity index (χ0v) is 14.9. The Morgan fingerprint density at radius 3 is 2.67 bits per heavy atom. The molecule has 2 rings (SSSR count). The van der Waals surface area contributed by atoms with Crippen LogP contribution in [0.4, 0.5) is 10.1 Å². The van der Waals surface area contributed by atoms with Gasteiger partial charge in [-0.3, -0.25) is 4.79 Å². The highest BCUT2D eigenvalue weighted by Crippen LogP contribution is 2.43. The fourth-order valence-corrected chi connectivity index (χ4v) is 4.27. The van der Waals surface area contributed by atoms with Gasteiger partial charge >= 0.3 is 0 Å². The molecule has 1 aromatic rings. The maximum absolute atomic E-state index is 13.5. The largest absolute Gasteiger partial charge is 0.394 e. The number of carbonyl (C=O) groups is 1. The fraction of sp³-hybridized carbons (Fsp3) is 0.632. The van der Waals surface area contributed by atoms with Crippen molar-refractivity contribution in [3.8, 4) is 0 Å². The first-order valence-corrected chi connectivity index (χ1v) is 8.66. The number of aliphatic hydroxyl groups excluding tert-OH is 1. The number of aliphatic hydroxyl groups is 1. The van der Waals surface area contributed by atoms with Crippen molar-refractivity contribution in [2.75, 3.05) is 18.5 Å². The van der Waals surface area contributed by atoms with E-state index in [-0.39, 0.29) is 35.6 Å². The summed E-state index contributed by atoms with van der Waals surface area (Å²) in [6.45, 7) is 7.18. The van der Waals surface area contributed by atoms with E-state index in [0.717, 1.165) is 19.3 Å². The molecule has 1 aliphatic carbocycles. The Kier molecular flexibility index (Phi) is 5.99. The molecule has 4 nitrogen and oxygen atoms in total. The summed E-state index contributed by atoms with van der Waals surface area (Å²) in [4.78, 5) is 12.0. The number of halogens is 1. The number of nitrogens with one attached hydrogen (secondary N) is 2. The first kappa shape index (κ1) is 18.9. The molecule has 1 fully saturated rings. The lowest BCUT2D eigenvalue weighted by molar-refractivity contribution is -0.116. The zero-order valence-electron chi connectivity index (χ0n) is 14.9. The molecule has 1 saturated carbocycles. The molecule has 0 heterocycles. The maximum atomic E-state index is 13.5. The van der Waals surface area contributed by atoms with Crippen molar-refractivity contribution >= 4 is 11.6 Å². The average molecular weight is 336 g/mol. The van der Waals surface area contributed by atoms with Crippen molar-refractivity contribution in [1.29, 1.82) is 0 Å². The van der Waals surface area contributed by atoms with Crippen molar-refractivity contribution in [3.63, 3.8) is 0 Å². The van der Waals surface area contributed by atoms with Crippen LogP contribution >= 0.6 is 0 Å². The highest BCUT2D eigenvalue weighted by atomic mass is 19.1. The summed E-state index contributed by atoms with van der Waals surface area (Å²) in [5.41, 5.74) is 0.0363. The predicted octanol–water partition coefficient (Wildman–Crippen LogP) is 3.32. The van der Waals surface area contributed by atoms with E-state index in [0.29, 0.717) is 12.5 Å². The first-order valence-electron chi connectivity index (χ1n) is 8.66. The molecular formula is C19H29FN2O2. The summed E-state index contributed by atoms with van der Waals surface area (Å²) < 4.78 is 13.5. The molecule has 24 heavy (non-hydrogen) atoms. The quantitative estimate of drug-likeness (QED) is 0.747. The van der Waals surface area contributed by atoms with E-state index in [1.807, 2.05) is 0 Å². The Balaban J connectivity index is 1.87. The van der Waals surface area contributed by atoms with Crippen LogP contribution in [-0.2, 0) is 4.79 Å². The number of rotatable bonds is 6. The molecule has 0 bridgehead atoms. The van der Waals surface area contributed by atoms with Gasteiger partial charge < -0.3 is 15.7 Å². The lowest BCUT2D eigenvalue weighted by Crippen LogP contribution is -2.55. The summed E-state index contributed by atoms with van der Waals surface area (Å²) in [5.74, 6) is -0.141. The van der Waals surface area contributed by atoms with E-state index in [9.17, 15) is 14.3 Å². The molecule has 2 unspecified atom stereocenters. The van der Waals surface area contributed by atoms with Gasteiger partial charge in [-0.1, -0.05) is 32.9 Å². The molecule has 0 spiro atoms. The van der Waals surface area contributed by atoms with Crippen molar-refractivity contribution in [2.45, 2.75) is 52.0 Å². The van der Waals surface area contributed by atoms with Crippen LogP contribution in [0.1, 0.15) is 46.5 Å². The van der Waals surface area contributed by atoms with Crippen LogP contribution in [0.15, 0.2) is 24.3 Å². The van der Waals surface area contributed by atoms with Crippen LogP contribution in [-0.4, -0.2) is 29.7 Å². The number of hydrogen-bond donors (Lipinski definition) is 3. The number of benzene rings is 1. The van der Waals surface area contributed by atoms with Crippen LogP contribution < -0.4 is 10.6 Å². The Hall–Kier alpha value is -1.46.